The van der Waals surface area contributed by atoms with Crippen molar-refractivity contribution in [3.63, 3.8) is 0 Å². The van der Waals surface area contributed by atoms with Crippen LogP contribution < -0.4 is 9.04 Å². The number of nitrogens with one attached hydrogen (secondary N) is 1. The fourth-order valence-electron chi connectivity index (χ4n) is 3.13. The summed E-state index contributed by atoms with van der Waals surface area (Å²) >= 11 is 5.94. The molecule has 144 valence electrons. The van der Waals surface area contributed by atoms with E-state index in [4.69, 9.17) is 21.6 Å². The lowest BCUT2D eigenvalue weighted by Crippen LogP contribution is -2.38. The van der Waals surface area contributed by atoms with Gasteiger partial charge in [-0.15, -0.1) is 0 Å². The van der Waals surface area contributed by atoms with E-state index in [0.29, 0.717) is 17.1 Å². The summed E-state index contributed by atoms with van der Waals surface area (Å²) in [5, 5.41) is 18.4. The van der Waals surface area contributed by atoms with Crippen molar-refractivity contribution in [3.05, 3.63) is 64.9 Å². The Balaban J connectivity index is 1.80. The molecule has 0 aliphatic carbocycles. The highest BCUT2D eigenvalue weighted by atomic mass is 35.5. The molecule has 0 fully saturated rings. The van der Waals surface area contributed by atoms with Gasteiger partial charge in [0.25, 0.3) is 10.0 Å². The van der Waals surface area contributed by atoms with Crippen molar-refractivity contribution in [3.8, 4) is 29.0 Å². The normalized spacial score (nSPS) is 13.1. The third kappa shape index (κ3) is 3.29. The number of hydrogen-bond acceptors (Lipinski definition) is 5. The van der Waals surface area contributed by atoms with E-state index >= 15 is 0 Å². The number of H-pyrrole nitrogens is 1. The van der Waals surface area contributed by atoms with Crippen molar-refractivity contribution < 1.29 is 13.2 Å². The lowest BCUT2D eigenvalue weighted by molar-refractivity contribution is 0.316. The van der Waals surface area contributed by atoms with Crippen LogP contribution in [0.3, 0.4) is 0 Å². The van der Waals surface area contributed by atoms with Crippen LogP contribution in [0.2, 0.25) is 5.02 Å². The summed E-state index contributed by atoms with van der Waals surface area (Å²) in [4.78, 5) is 2.83. The molecule has 29 heavy (non-hydrogen) atoms. The topological polar surface area (TPSA) is 110 Å². The Hall–Kier alpha value is -3.46. The average Bonchev–Trinajstić information content (AvgIpc) is 3.22. The molecule has 9 heteroatoms. The molecule has 0 unspecified atom stereocenters. The third-order valence-corrected chi connectivity index (χ3v) is 6.70. The minimum atomic E-state index is -3.94. The SMILES string of the molecule is N#Cc1cc(-c2ccc3c(c2)N(S(=O)(=O)c2ccc(Cl)c(C#N)c2)CCO3)c[nH]1. The first-order valence-electron chi connectivity index (χ1n) is 8.52. The quantitative estimate of drug-likeness (QED) is 0.689. The highest BCUT2D eigenvalue weighted by molar-refractivity contribution is 7.92. The molecular weight excluding hydrogens is 412 g/mol. The largest absolute Gasteiger partial charge is 0.489 e. The van der Waals surface area contributed by atoms with Crippen LogP contribution in [0.25, 0.3) is 11.1 Å². The van der Waals surface area contributed by atoms with Crippen LogP contribution in [0, 0.1) is 22.7 Å². The van der Waals surface area contributed by atoms with E-state index in [1.807, 2.05) is 12.1 Å². The Morgan fingerprint density at radius 1 is 1.07 bits per heavy atom. The fourth-order valence-corrected chi connectivity index (χ4v) is 4.76. The number of aromatic nitrogens is 1. The van der Waals surface area contributed by atoms with Crippen molar-refractivity contribution >= 4 is 27.3 Å². The van der Waals surface area contributed by atoms with E-state index in [0.717, 1.165) is 11.1 Å². The molecule has 1 aromatic heterocycles. The number of hydrogen-bond donors (Lipinski definition) is 1. The molecule has 2 heterocycles. The Labute approximate surface area is 172 Å². The van der Waals surface area contributed by atoms with Crippen molar-refractivity contribution in [2.24, 2.45) is 0 Å². The van der Waals surface area contributed by atoms with E-state index in [9.17, 15) is 13.7 Å². The first kappa shape index (κ1) is 18.9. The van der Waals surface area contributed by atoms with E-state index < -0.39 is 10.0 Å². The zero-order valence-electron chi connectivity index (χ0n) is 14.9. The van der Waals surface area contributed by atoms with E-state index in [-0.39, 0.29) is 28.6 Å². The van der Waals surface area contributed by atoms with Crippen molar-refractivity contribution in [2.75, 3.05) is 17.5 Å². The van der Waals surface area contributed by atoms with Gasteiger partial charge in [-0.3, -0.25) is 4.31 Å². The smallest absolute Gasteiger partial charge is 0.264 e. The van der Waals surface area contributed by atoms with Gasteiger partial charge in [0.05, 0.1) is 27.7 Å². The molecule has 2 aromatic carbocycles. The zero-order valence-corrected chi connectivity index (χ0v) is 16.5. The second-order valence-electron chi connectivity index (χ2n) is 6.28. The monoisotopic (exact) mass is 424 g/mol. The number of rotatable bonds is 3. The Morgan fingerprint density at radius 3 is 2.62 bits per heavy atom. The highest BCUT2D eigenvalue weighted by Gasteiger charge is 2.31. The minimum absolute atomic E-state index is 0.0230. The van der Waals surface area contributed by atoms with Crippen molar-refractivity contribution in [1.82, 2.24) is 4.98 Å². The molecule has 0 bridgehead atoms. The van der Waals surface area contributed by atoms with Gasteiger partial charge in [0.15, 0.2) is 0 Å². The molecule has 0 atom stereocenters. The van der Waals surface area contributed by atoms with Crippen LogP contribution in [0.4, 0.5) is 5.69 Å². The summed E-state index contributed by atoms with van der Waals surface area (Å²) in [5.74, 6) is 0.439. The van der Waals surface area contributed by atoms with Gasteiger partial charge in [-0.05, 0) is 42.0 Å². The predicted molar refractivity (Wildman–Crippen MR) is 107 cm³/mol. The molecule has 0 saturated heterocycles. The molecule has 1 N–H and O–H groups in total. The van der Waals surface area contributed by atoms with E-state index in [1.54, 1.807) is 30.5 Å². The minimum Gasteiger partial charge on any atom is -0.489 e. The molecule has 7 nitrogen and oxygen atoms in total. The number of aromatic amines is 1. The summed E-state index contributed by atoms with van der Waals surface area (Å²) in [6.07, 6.45) is 1.68. The molecule has 0 spiro atoms. The van der Waals surface area contributed by atoms with Gasteiger partial charge in [0.2, 0.25) is 0 Å². The summed E-state index contributed by atoms with van der Waals surface area (Å²) < 4.78 is 33.5. The molecule has 0 amide bonds. The number of benzene rings is 2. The van der Waals surface area contributed by atoms with Crippen LogP contribution in [0.5, 0.6) is 5.75 Å². The lowest BCUT2D eigenvalue weighted by atomic mass is 10.1. The first-order chi connectivity index (χ1) is 13.9. The second-order valence-corrected chi connectivity index (χ2v) is 8.54. The Morgan fingerprint density at radius 2 is 1.90 bits per heavy atom. The van der Waals surface area contributed by atoms with Crippen LogP contribution in [0.15, 0.2) is 53.6 Å². The Kier molecular flexibility index (Phi) is 4.67. The summed E-state index contributed by atoms with van der Waals surface area (Å²) in [7, 11) is -3.94. The predicted octanol–water partition coefficient (Wildman–Crippen LogP) is 3.67. The fraction of sp³-hybridized carbons (Fsp3) is 0.100. The van der Waals surface area contributed by atoms with Crippen molar-refractivity contribution in [1.29, 1.82) is 10.5 Å². The van der Waals surface area contributed by atoms with Gasteiger partial charge in [-0.2, -0.15) is 10.5 Å². The highest BCUT2D eigenvalue weighted by Crippen LogP contribution is 2.39. The van der Waals surface area contributed by atoms with Crippen LogP contribution >= 0.6 is 11.6 Å². The van der Waals surface area contributed by atoms with Gasteiger partial charge in [-0.1, -0.05) is 17.7 Å². The number of sulfonamides is 1. The van der Waals surface area contributed by atoms with Crippen molar-refractivity contribution in [2.45, 2.75) is 4.90 Å². The van der Waals surface area contributed by atoms with E-state index in [1.165, 1.54) is 22.5 Å². The van der Waals surface area contributed by atoms with Crippen LogP contribution in [-0.2, 0) is 10.0 Å². The molecule has 0 saturated carbocycles. The van der Waals surface area contributed by atoms with Gasteiger partial charge >= 0.3 is 0 Å². The number of anilines is 1. The van der Waals surface area contributed by atoms with Gasteiger partial charge in [-0.25, -0.2) is 8.42 Å². The van der Waals surface area contributed by atoms with Gasteiger partial charge in [0.1, 0.15) is 30.2 Å². The maximum Gasteiger partial charge on any atom is 0.264 e. The summed E-state index contributed by atoms with van der Waals surface area (Å²) in [6.45, 7) is 0.326. The molecule has 0 radical (unpaired) electrons. The van der Waals surface area contributed by atoms with Crippen LogP contribution in [0.1, 0.15) is 11.3 Å². The molecule has 3 aromatic rings. The number of ether oxygens (including phenoxy) is 1. The van der Waals surface area contributed by atoms with Gasteiger partial charge < -0.3 is 9.72 Å². The molecule has 1 aliphatic rings. The molecule has 4 rings (SSSR count). The maximum absolute atomic E-state index is 13.3. The average molecular weight is 425 g/mol. The van der Waals surface area contributed by atoms with E-state index in [2.05, 4.69) is 4.98 Å². The standard InChI is InChI=1S/C20H13ClN4O3S/c21-18-3-2-17(8-14(18)10-22)29(26,27)25-5-6-28-20-4-1-13(9-19(20)25)15-7-16(11-23)24-12-15/h1-4,7-9,12,24H,5-6H2. The molecule has 1 aliphatic heterocycles. The summed E-state index contributed by atoms with van der Waals surface area (Å²) in [5.41, 5.74) is 2.38. The summed E-state index contributed by atoms with van der Waals surface area (Å²) in [6, 6.07) is 14.9. The zero-order chi connectivity index (χ0) is 20.6. The van der Waals surface area contributed by atoms with Gasteiger partial charge in [0, 0.05) is 11.8 Å². The third-order valence-electron chi connectivity index (χ3n) is 4.56. The second kappa shape index (κ2) is 7.17. The number of fused-ring (bicyclic) bond motifs is 1. The number of nitrogens with zero attached hydrogens (tertiary/aromatic N) is 3. The number of halogens is 1. The maximum atomic E-state index is 13.3. The Bertz CT molecular complexity index is 1300. The van der Waals surface area contributed by atoms with Crippen LogP contribution in [-0.4, -0.2) is 26.6 Å². The lowest BCUT2D eigenvalue weighted by Gasteiger charge is -2.31. The number of nitriles is 2. The molecular formula is C20H13ClN4O3S. The first-order valence-corrected chi connectivity index (χ1v) is 10.3.